The highest BCUT2D eigenvalue weighted by molar-refractivity contribution is 5.94. The number of carbonyl (C=O) groups excluding carboxylic acids is 1. The summed E-state index contributed by atoms with van der Waals surface area (Å²) in [4.78, 5) is 14.0. The van der Waals surface area contributed by atoms with E-state index in [1.165, 1.54) is 0 Å². The first kappa shape index (κ1) is 17.8. The molecule has 0 aromatic heterocycles. The van der Waals surface area contributed by atoms with Crippen molar-refractivity contribution in [3.8, 4) is 0 Å². The van der Waals surface area contributed by atoms with E-state index in [2.05, 4.69) is 5.32 Å². The summed E-state index contributed by atoms with van der Waals surface area (Å²) >= 11 is 0. The maximum atomic E-state index is 13.2. The van der Waals surface area contributed by atoms with Gasteiger partial charge >= 0.3 is 0 Å². The molecule has 1 heterocycles. The lowest BCUT2D eigenvalue weighted by Crippen LogP contribution is -2.42. The molecule has 118 valence electrons. The molecule has 1 aromatic carbocycles. The number of hydrogen-bond acceptors (Lipinski definition) is 2. The van der Waals surface area contributed by atoms with Crippen LogP contribution in [-0.4, -0.2) is 36.5 Å². The van der Waals surface area contributed by atoms with Crippen molar-refractivity contribution >= 4 is 18.3 Å². The van der Waals surface area contributed by atoms with Gasteiger partial charge in [-0.25, -0.2) is 13.2 Å². The van der Waals surface area contributed by atoms with Gasteiger partial charge < -0.3 is 10.2 Å². The Morgan fingerprint density at radius 2 is 1.95 bits per heavy atom. The number of carbonyl (C=O) groups is 1. The Bertz CT molecular complexity index is 484. The molecule has 3 nitrogen and oxygen atoms in total. The van der Waals surface area contributed by atoms with Crippen LogP contribution in [0.3, 0.4) is 0 Å². The fourth-order valence-corrected chi connectivity index (χ4v) is 2.44. The molecule has 0 bridgehead atoms. The SMILES string of the molecule is CCCN(C(=O)c1cc(F)c(F)c(F)c1)C1CCNC1.Cl. The van der Waals surface area contributed by atoms with Crippen LogP contribution < -0.4 is 5.32 Å². The van der Waals surface area contributed by atoms with Crippen molar-refractivity contribution in [3.05, 3.63) is 35.1 Å². The number of nitrogens with zero attached hydrogens (tertiary/aromatic N) is 1. The zero-order valence-corrected chi connectivity index (χ0v) is 12.5. The quantitative estimate of drug-likeness (QED) is 0.865. The monoisotopic (exact) mass is 322 g/mol. The van der Waals surface area contributed by atoms with Gasteiger partial charge in [-0.05, 0) is 31.5 Å². The van der Waals surface area contributed by atoms with E-state index in [1.807, 2.05) is 6.92 Å². The predicted octanol–water partition coefficient (Wildman–Crippen LogP) is 2.74. The lowest BCUT2D eigenvalue weighted by atomic mass is 10.1. The third-order valence-corrected chi connectivity index (χ3v) is 3.43. The van der Waals surface area contributed by atoms with Crippen molar-refractivity contribution in [2.75, 3.05) is 19.6 Å². The molecule has 1 saturated heterocycles. The molecular weight excluding hydrogens is 305 g/mol. The van der Waals surface area contributed by atoms with Gasteiger partial charge in [-0.3, -0.25) is 4.79 Å². The second kappa shape index (κ2) is 7.66. The minimum atomic E-state index is -1.55. The van der Waals surface area contributed by atoms with Crippen LogP contribution in [0.25, 0.3) is 0 Å². The summed E-state index contributed by atoms with van der Waals surface area (Å²) in [6, 6.07) is 1.52. The van der Waals surface area contributed by atoms with E-state index in [0.717, 1.165) is 31.5 Å². The Kier molecular flexibility index (Phi) is 6.48. The van der Waals surface area contributed by atoms with Crippen LogP contribution in [0.1, 0.15) is 30.1 Å². The van der Waals surface area contributed by atoms with Crippen LogP contribution in [0.5, 0.6) is 0 Å². The van der Waals surface area contributed by atoms with E-state index in [4.69, 9.17) is 0 Å². The average molecular weight is 323 g/mol. The molecule has 1 aromatic rings. The molecule has 1 N–H and O–H groups in total. The molecule has 0 radical (unpaired) electrons. The van der Waals surface area contributed by atoms with Crippen LogP contribution >= 0.6 is 12.4 Å². The molecule has 7 heteroatoms. The van der Waals surface area contributed by atoms with Crippen molar-refractivity contribution in [1.29, 1.82) is 0 Å². The highest BCUT2D eigenvalue weighted by Gasteiger charge is 2.27. The van der Waals surface area contributed by atoms with Gasteiger partial charge in [-0.2, -0.15) is 0 Å². The minimum Gasteiger partial charge on any atom is -0.334 e. The maximum Gasteiger partial charge on any atom is 0.254 e. The van der Waals surface area contributed by atoms with E-state index in [-0.39, 0.29) is 24.0 Å². The fourth-order valence-electron chi connectivity index (χ4n) is 2.44. The molecule has 0 saturated carbocycles. The van der Waals surface area contributed by atoms with Gasteiger partial charge in [0.1, 0.15) is 0 Å². The second-order valence-corrected chi connectivity index (χ2v) is 4.90. The van der Waals surface area contributed by atoms with Gasteiger partial charge in [0.25, 0.3) is 5.91 Å². The molecule has 1 amide bonds. The minimum absolute atomic E-state index is 0. The van der Waals surface area contributed by atoms with Crippen molar-refractivity contribution in [3.63, 3.8) is 0 Å². The summed E-state index contributed by atoms with van der Waals surface area (Å²) in [6.07, 6.45) is 1.55. The molecular formula is C14H18ClF3N2O. The molecule has 1 fully saturated rings. The number of benzene rings is 1. The van der Waals surface area contributed by atoms with E-state index in [9.17, 15) is 18.0 Å². The first-order valence-corrected chi connectivity index (χ1v) is 6.70. The van der Waals surface area contributed by atoms with Crippen LogP contribution in [-0.2, 0) is 0 Å². The van der Waals surface area contributed by atoms with E-state index >= 15 is 0 Å². The predicted molar refractivity (Wildman–Crippen MR) is 76.2 cm³/mol. The number of hydrogen-bond donors (Lipinski definition) is 1. The number of halogens is 4. The van der Waals surface area contributed by atoms with Gasteiger partial charge in [0.15, 0.2) is 17.5 Å². The van der Waals surface area contributed by atoms with Crippen LogP contribution in [0.15, 0.2) is 12.1 Å². The molecule has 0 spiro atoms. The summed E-state index contributed by atoms with van der Waals surface area (Å²) < 4.78 is 39.4. The molecule has 21 heavy (non-hydrogen) atoms. The fraction of sp³-hybridized carbons (Fsp3) is 0.500. The normalized spacial score (nSPS) is 17.4. The molecule has 1 unspecified atom stereocenters. The maximum absolute atomic E-state index is 13.2. The highest BCUT2D eigenvalue weighted by Crippen LogP contribution is 2.18. The number of amides is 1. The molecule has 2 rings (SSSR count). The van der Waals surface area contributed by atoms with Gasteiger partial charge in [0.05, 0.1) is 0 Å². The largest absolute Gasteiger partial charge is 0.334 e. The Balaban J connectivity index is 0.00000220. The zero-order chi connectivity index (χ0) is 14.7. The van der Waals surface area contributed by atoms with Gasteiger partial charge in [0, 0.05) is 24.7 Å². The Hall–Kier alpha value is -1.27. The third-order valence-electron chi connectivity index (χ3n) is 3.43. The van der Waals surface area contributed by atoms with Crippen molar-refractivity contribution in [2.45, 2.75) is 25.8 Å². The Morgan fingerprint density at radius 3 is 2.43 bits per heavy atom. The number of nitrogens with one attached hydrogen (secondary N) is 1. The van der Waals surface area contributed by atoms with Crippen molar-refractivity contribution < 1.29 is 18.0 Å². The van der Waals surface area contributed by atoms with Crippen LogP contribution in [0.2, 0.25) is 0 Å². The van der Waals surface area contributed by atoms with Gasteiger partial charge in [0.2, 0.25) is 0 Å². The lowest BCUT2D eigenvalue weighted by molar-refractivity contribution is 0.0691. The average Bonchev–Trinajstić information content (AvgIpc) is 2.94. The smallest absolute Gasteiger partial charge is 0.254 e. The Labute approximate surface area is 127 Å². The topological polar surface area (TPSA) is 32.3 Å². The van der Waals surface area contributed by atoms with Crippen LogP contribution in [0.4, 0.5) is 13.2 Å². The summed E-state index contributed by atoms with van der Waals surface area (Å²) in [6.45, 7) is 3.91. The van der Waals surface area contributed by atoms with E-state index in [0.29, 0.717) is 13.1 Å². The van der Waals surface area contributed by atoms with Gasteiger partial charge in [-0.15, -0.1) is 12.4 Å². The first-order chi connectivity index (χ1) is 9.54. The van der Waals surface area contributed by atoms with Crippen molar-refractivity contribution in [2.24, 2.45) is 0 Å². The Morgan fingerprint density at radius 1 is 1.33 bits per heavy atom. The van der Waals surface area contributed by atoms with Crippen molar-refractivity contribution in [1.82, 2.24) is 10.2 Å². The van der Waals surface area contributed by atoms with Gasteiger partial charge in [-0.1, -0.05) is 6.92 Å². The first-order valence-electron chi connectivity index (χ1n) is 6.70. The summed E-state index contributed by atoms with van der Waals surface area (Å²) in [5.41, 5.74) is -0.151. The summed E-state index contributed by atoms with van der Waals surface area (Å²) in [5, 5.41) is 3.15. The van der Waals surface area contributed by atoms with Crippen LogP contribution in [0, 0.1) is 17.5 Å². The molecule has 1 atom stereocenters. The molecule has 1 aliphatic rings. The van der Waals surface area contributed by atoms with E-state index in [1.54, 1.807) is 4.90 Å². The number of rotatable bonds is 4. The lowest BCUT2D eigenvalue weighted by Gasteiger charge is -2.28. The summed E-state index contributed by atoms with van der Waals surface area (Å²) in [5.74, 6) is -4.69. The second-order valence-electron chi connectivity index (χ2n) is 4.90. The zero-order valence-electron chi connectivity index (χ0n) is 11.7. The third kappa shape index (κ3) is 3.89. The van der Waals surface area contributed by atoms with E-state index < -0.39 is 23.4 Å². The molecule has 1 aliphatic heterocycles. The molecule has 0 aliphatic carbocycles. The standard InChI is InChI=1S/C14H17F3N2O.ClH/c1-2-5-19(10-3-4-18-8-10)14(20)9-6-11(15)13(17)12(16)7-9;/h6-7,10,18H,2-5,8H2,1H3;1H. The highest BCUT2D eigenvalue weighted by atomic mass is 35.5. The summed E-state index contributed by atoms with van der Waals surface area (Å²) in [7, 11) is 0.